The van der Waals surface area contributed by atoms with E-state index in [1.165, 1.54) is 38.8 Å². The molecule has 2 nitrogen and oxygen atoms in total. The molecule has 1 aliphatic heterocycles. The molecule has 102 valence electrons. The topological polar surface area (TPSA) is 15.3 Å². The smallest absolute Gasteiger partial charge is 0.00965 e. The second kappa shape index (κ2) is 6.75. The lowest BCUT2D eigenvalue weighted by atomic mass is 10.0. The molecule has 0 aromatic carbocycles. The molecule has 0 saturated carbocycles. The SMILES string of the molecule is CC1CCCN(C(C)CCNC(C)(C)C)CC1. The van der Waals surface area contributed by atoms with E-state index in [1.807, 2.05) is 0 Å². The van der Waals surface area contributed by atoms with E-state index in [9.17, 15) is 0 Å². The van der Waals surface area contributed by atoms with E-state index < -0.39 is 0 Å². The molecule has 17 heavy (non-hydrogen) atoms. The number of hydrogen-bond donors (Lipinski definition) is 1. The van der Waals surface area contributed by atoms with Gasteiger partial charge in [0.25, 0.3) is 0 Å². The number of hydrogen-bond acceptors (Lipinski definition) is 2. The molecule has 1 N–H and O–H groups in total. The van der Waals surface area contributed by atoms with E-state index in [0.717, 1.165) is 18.5 Å². The van der Waals surface area contributed by atoms with E-state index in [-0.39, 0.29) is 5.54 Å². The largest absolute Gasteiger partial charge is 0.312 e. The third kappa shape index (κ3) is 6.42. The molecule has 1 rings (SSSR count). The minimum absolute atomic E-state index is 0.257. The Kier molecular flexibility index (Phi) is 5.94. The predicted molar refractivity (Wildman–Crippen MR) is 76.4 cm³/mol. The van der Waals surface area contributed by atoms with Gasteiger partial charge in [0.2, 0.25) is 0 Å². The van der Waals surface area contributed by atoms with Crippen LogP contribution in [0.1, 0.15) is 60.3 Å². The first kappa shape index (κ1) is 15.0. The predicted octanol–water partition coefficient (Wildman–Crippen LogP) is 3.28. The molecule has 1 saturated heterocycles. The van der Waals surface area contributed by atoms with Crippen LogP contribution in [0, 0.1) is 5.92 Å². The Morgan fingerprint density at radius 1 is 1.24 bits per heavy atom. The maximum Gasteiger partial charge on any atom is 0.00965 e. The maximum absolute atomic E-state index is 3.59. The van der Waals surface area contributed by atoms with Gasteiger partial charge in [-0.2, -0.15) is 0 Å². The lowest BCUT2D eigenvalue weighted by molar-refractivity contribution is 0.201. The Hall–Kier alpha value is -0.0800. The zero-order chi connectivity index (χ0) is 12.9. The summed E-state index contributed by atoms with van der Waals surface area (Å²) < 4.78 is 0. The molecule has 1 fully saturated rings. The van der Waals surface area contributed by atoms with Crippen molar-refractivity contribution in [1.82, 2.24) is 10.2 Å². The number of nitrogens with zero attached hydrogens (tertiary/aromatic N) is 1. The van der Waals surface area contributed by atoms with Gasteiger partial charge in [-0.25, -0.2) is 0 Å². The summed E-state index contributed by atoms with van der Waals surface area (Å²) in [7, 11) is 0. The van der Waals surface area contributed by atoms with Crippen LogP contribution >= 0.6 is 0 Å². The summed E-state index contributed by atoms with van der Waals surface area (Å²) in [6.07, 6.45) is 5.46. The molecule has 1 aliphatic rings. The Morgan fingerprint density at radius 3 is 2.59 bits per heavy atom. The third-order valence-corrected chi connectivity index (χ3v) is 3.89. The Bertz CT molecular complexity index is 207. The van der Waals surface area contributed by atoms with Gasteiger partial charge in [-0.05, 0) is 78.9 Å². The van der Waals surface area contributed by atoms with Crippen LogP contribution in [0.4, 0.5) is 0 Å². The minimum atomic E-state index is 0.257. The van der Waals surface area contributed by atoms with E-state index in [4.69, 9.17) is 0 Å². The van der Waals surface area contributed by atoms with E-state index in [2.05, 4.69) is 44.8 Å². The molecule has 1 heterocycles. The lowest BCUT2D eigenvalue weighted by Crippen LogP contribution is -2.41. The van der Waals surface area contributed by atoms with Gasteiger partial charge in [-0.1, -0.05) is 6.92 Å². The molecule has 0 bridgehead atoms. The van der Waals surface area contributed by atoms with Crippen LogP contribution in [0.15, 0.2) is 0 Å². The van der Waals surface area contributed by atoms with Crippen LogP contribution in [0.3, 0.4) is 0 Å². The summed E-state index contributed by atoms with van der Waals surface area (Å²) in [5, 5.41) is 3.59. The average molecular weight is 240 g/mol. The summed E-state index contributed by atoms with van der Waals surface area (Å²) in [6.45, 7) is 15.3. The summed E-state index contributed by atoms with van der Waals surface area (Å²) in [6, 6.07) is 0.732. The van der Waals surface area contributed by atoms with Crippen LogP contribution < -0.4 is 5.32 Å². The molecule has 0 aliphatic carbocycles. The molecule has 0 amide bonds. The summed E-state index contributed by atoms with van der Waals surface area (Å²) in [4.78, 5) is 2.69. The van der Waals surface area contributed by atoms with Crippen molar-refractivity contribution in [1.29, 1.82) is 0 Å². The van der Waals surface area contributed by atoms with Crippen molar-refractivity contribution in [2.45, 2.75) is 71.9 Å². The van der Waals surface area contributed by atoms with E-state index >= 15 is 0 Å². The molecule has 2 atom stereocenters. The highest BCUT2D eigenvalue weighted by atomic mass is 15.2. The molecule has 0 radical (unpaired) electrons. The molecule has 0 aromatic rings. The Balaban J connectivity index is 2.24. The van der Waals surface area contributed by atoms with Crippen molar-refractivity contribution < 1.29 is 0 Å². The molecule has 2 unspecified atom stereocenters. The summed E-state index contributed by atoms with van der Waals surface area (Å²) in [5.74, 6) is 0.930. The van der Waals surface area contributed by atoms with Crippen LogP contribution in [-0.2, 0) is 0 Å². The first-order chi connectivity index (χ1) is 7.88. The third-order valence-electron chi connectivity index (χ3n) is 3.89. The average Bonchev–Trinajstić information content (AvgIpc) is 2.41. The first-order valence-corrected chi connectivity index (χ1v) is 7.37. The lowest BCUT2D eigenvalue weighted by Gasteiger charge is -2.29. The van der Waals surface area contributed by atoms with Crippen molar-refractivity contribution in [3.63, 3.8) is 0 Å². The van der Waals surface area contributed by atoms with Crippen molar-refractivity contribution in [2.75, 3.05) is 19.6 Å². The highest BCUT2D eigenvalue weighted by Gasteiger charge is 2.18. The van der Waals surface area contributed by atoms with Gasteiger partial charge in [0.05, 0.1) is 0 Å². The Labute approximate surface area is 108 Å². The van der Waals surface area contributed by atoms with Crippen LogP contribution in [0.25, 0.3) is 0 Å². The maximum atomic E-state index is 3.59. The number of likely N-dealkylation sites (tertiary alicyclic amines) is 1. The minimum Gasteiger partial charge on any atom is -0.312 e. The highest BCUT2D eigenvalue weighted by Crippen LogP contribution is 2.18. The fourth-order valence-corrected chi connectivity index (χ4v) is 2.56. The quantitative estimate of drug-likeness (QED) is 0.811. The second-order valence-corrected chi connectivity index (χ2v) is 6.89. The fraction of sp³-hybridized carbons (Fsp3) is 1.00. The fourth-order valence-electron chi connectivity index (χ4n) is 2.56. The van der Waals surface area contributed by atoms with Crippen molar-refractivity contribution in [3.8, 4) is 0 Å². The summed E-state index contributed by atoms with van der Waals surface area (Å²) in [5.41, 5.74) is 0.257. The molecule has 2 heteroatoms. The Morgan fingerprint density at radius 2 is 1.94 bits per heavy atom. The summed E-state index contributed by atoms with van der Waals surface area (Å²) >= 11 is 0. The van der Waals surface area contributed by atoms with Crippen LogP contribution in [0.5, 0.6) is 0 Å². The second-order valence-electron chi connectivity index (χ2n) is 6.89. The highest BCUT2D eigenvalue weighted by molar-refractivity contribution is 4.76. The van der Waals surface area contributed by atoms with Gasteiger partial charge < -0.3 is 10.2 Å². The zero-order valence-electron chi connectivity index (χ0n) is 12.6. The van der Waals surface area contributed by atoms with Crippen LogP contribution in [0.2, 0.25) is 0 Å². The van der Waals surface area contributed by atoms with Gasteiger partial charge in [-0.3, -0.25) is 0 Å². The molecule has 0 aromatic heterocycles. The molecular weight excluding hydrogens is 208 g/mol. The van der Waals surface area contributed by atoms with Crippen LogP contribution in [-0.4, -0.2) is 36.1 Å². The van der Waals surface area contributed by atoms with Gasteiger partial charge in [0.1, 0.15) is 0 Å². The van der Waals surface area contributed by atoms with Gasteiger partial charge in [0, 0.05) is 11.6 Å². The van der Waals surface area contributed by atoms with E-state index in [0.29, 0.717) is 0 Å². The van der Waals surface area contributed by atoms with Gasteiger partial charge in [0.15, 0.2) is 0 Å². The number of rotatable bonds is 4. The van der Waals surface area contributed by atoms with Gasteiger partial charge >= 0.3 is 0 Å². The normalized spacial score (nSPS) is 25.6. The van der Waals surface area contributed by atoms with Crippen molar-refractivity contribution >= 4 is 0 Å². The number of nitrogens with one attached hydrogen (secondary N) is 1. The zero-order valence-corrected chi connectivity index (χ0v) is 12.6. The molecular formula is C15H32N2. The standard InChI is InChI=1S/C15H32N2/c1-13-7-6-11-17(12-9-13)14(2)8-10-16-15(3,4)5/h13-14,16H,6-12H2,1-5H3. The van der Waals surface area contributed by atoms with Crippen molar-refractivity contribution in [3.05, 3.63) is 0 Å². The molecule has 0 spiro atoms. The monoisotopic (exact) mass is 240 g/mol. The van der Waals surface area contributed by atoms with Gasteiger partial charge in [-0.15, -0.1) is 0 Å². The van der Waals surface area contributed by atoms with E-state index in [1.54, 1.807) is 0 Å². The first-order valence-electron chi connectivity index (χ1n) is 7.37. The van der Waals surface area contributed by atoms with Crippen molar-refractivity contribution in [2.24, 2.45) is 5.92 Å².